The number of aliphatic hydroxyl groups is 1. The zero-order valence-corrected chi connectivity index (χ0v) is 15.2. The molecule has 1 aromatic carbocycles. The minimum absolute atomic E-state index is 0.248. The van der Waals surface area contributed by atoms with E-state index in [9.17, 15) is 5.11 Å². The number of thioether (sulfide) groups is 1. The van der Waals surface area contributed by atoms with Gasteiger partial charge in [0.15, 0.2) is 0 Å². The van der Waals surface area contributed by atoms with E-state index in [0.29, 0.717) is 0 Å². The van der Waals surface area contributed by atoms with Crippen LogP contribution < -0.4 is 0 Å². The molecule has 0 amide bonds. The highest BCUT2D eigenvalue weighted by molar-refractivity contribution is 8.00. The fourth-order valence-electron chi connectivity index (χ4n) is 2.62. The topological polar surface area (TPSA) is 20.2 Å². The summed E-state index contributed by atoms with van der Waals surface area (Å²) in [4.78, 5) is 0. The van der Waals surface area contributed by atoms with Crippen LogP contribution in [-0.4, -0.2) is 22.2 Å². The molecule has 0 aliphatic heterocycles. The standard InChI is InChI=1S/C20H32OS/c1-4-5-6-8-12-17(2)20(18(3)21)22-16-11-15-19-13-9-7-10-14-19/h7,9-10,12-14,18,20-21H,4-6,8,11,15-16H2,1-3H3/b17-12+/t18-,20+/m0/s1. The molecule has 1 aromatic rings. The molecule has 0 heterocycles. The van der Waals surface area contributed by atoms with Crippen LogP contribution in [0.3, 0.4) is 0 Å². The quantitative estimate of drug-likeness (QED) is 0.421. The van der Waals surface area contributed by atoms with Gasteiger partial charge in [0.2, 0.25) is 0 Å². The summed E-state index contributed by atoms with van der Waals surface area (Å²) in [5, 5.41) is 10.3. The molecule has 0 aliphatic carbocycles. The Labute approximate surface area is 141 Å². The number of hydrogen-bond acceptors (Lipinski definition) is 2. The second kappa shape index (κ2) is 11.8. The molecule has 0 saturated carbocycles. The van der Waals surface area contributed by atoms with Crippen LogP contribution in [0.5, 0.6) is 0 Å². The van der Waals surface area contributed by atoms with Crippen molar-refractivity contribution < 1.29 is 5.11 Å². The molecule has 1 nitrogen and oxygen atoms in total. The third-order valence-corrected chi connectivity index (χ3v) is 5.56. The molecule has 0 fully saturated rings. The summed E-state index contributed by atoms with van der Waals surface area (Å²) < 4.78 is 0. The maximum Gasteiger partial charge on any atom is 0.0668 e. The van der Waals surface area contributed by atoms with Crippen molar-refractivity contribution in [3.05, 3.63) is 47.5 Å². The predicted octanol–water partition coefficient (Wildman–Crippen LogP) is 5.63. The summed E-state index contributed by atoms with van der Waals surface area (Å²) in [6.07, 6.45) is 9.32. The molecule has 0 saturated heterocycles. The van der Waals surface area contributed by atoms with Crippen molar-refractivity contribution >= 4 is 11.8 Å². The van der Waals surface area contributed by atoms with E-state index in [2.05, 4.69) is 50.3 Å². The first kappa shape index (κ1) is 19.3. The van der Waals surface area contributed by atoms with Crippen LogP contribution in [0.2, 0.25) is 0 Å². The Hall–Kier alpha value is -0.730. The lowest BCUT2D eigenvalue weighted by atomic mass is 10.1. The number of aliphatic hydroxyl groups excluding tert-OH is 1. The molecule has 0 aromatic heterocycles. The minimum atomic E-state index is -0.274. The maximum atomic E-state index is 10.0. The predicted molar refractivity (Wildman–Crippen MR) is 101 cm³/mol. The van der Waals surface area contributed by atoms with Gasteiger partial charge in [-0.3, -0.25) is 0 Å². The number of allylic oxidation sites excluding steroid dienone is 1. The monoisotopic (exact) mass is 320 g/mol. The average Bonchev–Trinajstić information content (AvgIpc) is 2.52. The van der Waals surface area contributed by atoms with Crippen molar-refractivity contribution in [3.63, 3.8) is 0 Å². The first-order chi connectivity index (χ1) is 10.6. The summed E-state index contributed by atoms with van der Waals surface area (Å²) in [7, 11) is 0. The molecular formula is C20H32OS. The van der Waals surface area contributed by atoms with Gasteiger partial charge in [-0.25, -0.2) is 0 Å². The molecule has 1 N–H and O–H groups in total. The van der Waals surface area contributed by atoms with Crippen molar-refractivity contribution in [1.82, 2.24) is 0 Å². The van der Waals surface area contributed by atoms with Crippen LogP contribution in [0.1, 0.15) is 58.4 Å². The minimum Gasteiger partial charge on any atom is -0.392 e. The zero-order chi connectivity index (χ0) is 16.2. The van der Waals surface area contributed by atoms with Crippen LogP contribution in [0.25, 0.3) is 0 Å². The van der Waals surface area contributed by atoms with Crippen molar-refractivity contribution in [2.75, 3.05) is 5.75 Å². The SMILES string of the molecule is CCCCC/C=C(\C)[C@@H](SCCCc1ccccc1)[C@H](C)O. The van der Waals surface area contributed by atoms with E-state index in [1.165, 1.54) is 36.8 Å². The van der Waals surface area contributed by atoms with Gasteiger partial charge in [-0.2, -0.15) is 11.8 Å². The number of hydrogen-bond donors (Lipinski definition) is 1. The Morgan fingerprint density at radius 1 is 1.18 bits per heavy atom. The van der Waals surface area contributed by atoms with E-state index < -0.39 is 0 Å². The van der Waals surface area contributed by atoms with E-state index in [1.54, 1.807) is 0 Å². The van der Waals surface area contributed by atoms with Crippen LogP contribution in [0.4, 0.5) is 0 Å². The lowest BCUT2D eigenvalue weighted by Crippen LogP contribution is -2.21. The van der Waals surface area contributed by atoms with Crippen molar-refractivity contribution in [2.45, 2.75) is 70.7 Å². The maximum absolute atomic E-state index is 10.0. The summed E-state index contributed by atoms with van der Waals surface area (Å²) in [5.41, 5.74) is 2.75. The molecule has 0 aliphatic rings. The average molecular weight is 321 g/mol. The molecule has 1 rings (SSSR count). The van der Waals surface area contributed by atoms with E-state index in [0.717, 1.165) is 18.6 Å². The normalized spacial score (nSPS) is 14.8. The second-order valence-corrected chi connectivity index (χ2v) is 7.31. The highest BCUT2D eigenvalue weighted by atomic mass is 32.2. The molecule has 2 atom stereocenters. The summed E-state index contributed by atoms with van der Waals surface area (Å²) in [6, 6.07) is 10.6. The highest BCUT2D eigenvalue weighted by Crippen LogP contribution is 2.24. The zero-order valence-electron chi connectivity index (χ0n) is 14.4. The van der Waals surface area contributed by atoms with Gasteiger partial charge >= 0.3 is 0 Å². The van der Waals surface area contributed by atoms with Gasteiger partial charge < -0.3 is 5.11 Å². The molecule has 0 bridgehead atoms. The van der Waals surface area contributed by atoms with Gasteiger partial charge in [0, 0.05) is 0 Å². The molecule has 2 heteroatoms. The lowest BCUT2D eigenvalue weighted by molar-refractivity contribution is 0.200. The van der Waals surface area contributed by atoms with E-state index in [1.807, 2.05) is 18.7 Å². The molecule has 22 heavy (non-hydrogen) atoms. The Morgan fingerprint density at radius 2 is 1.91 bits per heavy atom. The van der Waals surface area contributed by atoms with Gasteiger partial charge in [-0.05, 0) is 50.8 Å². The number of aryl methyl sites for hydroxylation is 1. The number of benzene rings is 1. The Bertz CT molecular complexity index is 411. The summed E-state index contributed by atoms with van der Waals surface area (Å²) in [5.74, 6) is 1.10. The molecule has 0 spiro atoms. The molecular weight excluding hydrogens is 288 g/mol. The fraction of sp³-hybridized carbons (Fsp3) is 0.600. The molecule has 124 valence electrons. The Balaban J connectivity index is 2.34. The van der Waals surface area contributed by atoms with Crippen LogP contribution in [0.15, 0.2) is 42.0 Å². The van der Waals surface area contributed by atoms with Gasteiger partial charge in [0.05, 0.1) is 11.4 Å². The Kier molecular flexibility index (Phi) is 10.3. The number of unbranched alkanes of at least 4 members (excludes halogenated alkanes) is 3. The smallest absolute Gasteiger partial charge is 0.0668 e. The van der Waals surface area contributed by atoms with Crippen molar-refractivity contribution in [1.29, 1.82) is 0 Å². The summed E-state index contributed by atoms with van der Waals surface area (Å²) in [6.45, 7) is 6.32. The van der Waals surface area contributed by atoms with Crippen molar-refractivity contribution in [3.8, 4) is 0 Å². The Morgan fingerprint density at radius 3 is 2.55 bits per heavy atom. The third-order valence-electron chi connectivity index (χ3n) is 3.91. The number of rotatable bonds is 11. The van der Waals surface area contributed by atoms with Crippen molar-refractivity contribution in [2.24, 2.45) is 0 Å². The third kappa shape index (κ3) is 8.05. The summed E-state index contributed by atoms with van der Waals surface area (Å²) >= 11 is 1.90. The van der Waals surface area contributed by atoms with Gasteiger partial charge in [-0.1, -0.05) is 61.7 Å². The van der Waals surface area contributed by atoms with Gasteiger partial charge in [-0.15, -0.1) is 0 Å². The first-order valence-corrected chi connectivity index (χ1v) is 9.70. The van der Waals surface area contributed by atoms with E-state index in [-0.39, 0.29) is 11.4 Å². The molecule has 0 unspecified atom stereocenters. The van der Waals surface area contributed by atoms with Gasteiger partial charge in [0.25, 0.3) is 0 Å². The molecule has 0 radical (unpaired) electrons. The van der Waals surface area contributed by atoms with Crippen LogP contribution >= 0.6 is 11.8 Å². The highest BCUT2D eigenvalue weighted by Gasteiger charge is 2.16. The first-order valence-electron chi connectivity index (χ1n) is 8.65. The largest absolute Gasteiger partial charge is 0.392 e. The lowest BCUT2D eigenvalue weighted by Gasteiger charge is -2.20. The van der Waals surface area contributed by atoms with Crippen LogP contribution in [0, 0.1) is 0 Å². The fourth-order valence-corrected chi connectivity index (χ4v) is 3.83. The van der Waals surface area contributed by atoms with E-state index in [4.69, 9.17) is 0 Å². The van der Waals surface area contributed by atoms with Gasteiger partial charge in [0.1, 0.15) is 0 Å². The van der Waals surface area contributed by atoms with Crippen LogP contribution in [-0.2, 0) is 6.42 Å². The van der Waals surface area contributed by atoms with E-state index >= 15 is 0 Å². The second-order valence-electron chi connectivity index (χ2n) is 6.07.